The van der Waals surface area contributed by atoms with E-state index in [2.05, 4.69) is 9.88 Å². The quantitative estimate of drug-likeness (QED) is 0.737. The molecule has 1 aromatic carbocycles. The zero-order valence-corrected chi connectivity index (χ0v) is 17.5. The van der Waals surface area contributed by atoms with Gasteiger partial charge >= 0.3 is 0 Å². The van der Waals surface area contributed by atoms with E-state index in [0.29, 0.717) is 26.1 Å². The van der Waals surface area contributed by atoms with Gasteiger partial charge < -0.3 is 9.47 Å². The number of benzene rings is 1. The molecule has 0 N–H and O–H groups in total. The number of ether oxygens (including phenoxy) is 2. The number of hydrogen-bond donors (Lipinski definition) is 0. The van der Waals surface area contributed by atoms with Gasteiger partial charge in [0.1, 0.15) is 18.1 Å². The molecule has 0 radical (unpaired) electrons. The fourth-order valence-electron chi connectivity index (χ4n) is 3.20. The van der Waals surface area contributed by atoms with Gasteiger partial charge in [-0.15, -0.1) is 0 Å². The lowest BCUT2D eigenvalue weighted by molar-refractivity contribution is 0.259. The topological polar surface area (TPSA) is 68.7 Å². The van der Waals surface area contributed by atoms with E-state index < -0.39 is 14.6 Å². The molecule has 0 atom stereocenters. The van der Waals surface area contributed by atoms with Crippen LogP contribution in [0.5, 0.6) is 11.5 Å². The molecule has 3 rings (SSSR count). The van der Waals surface area contributed by atoms with Gasteiger partial charge in [-0.3, -0.25) is 9.88 Å². The van der Waals surface area contributed by atoms with Crippen LogP contribution in [0, 0.1) is 0 Å². The normalized spacial score (nSPS) is 19.0. The largest absolute Gasteiger partial charge is 0.497 e. The number of aromatic nitrogens is 1. The van der Waals surface area contributed by atoms with Crippen molar-refractivity contribution in [3.05, 3.63) is 53.9 Å². The van der Waals surface area contributed by atoms with Gasteiger partial charge in [-0.25, -0.2) is 8.42 Å². The van der Waals surface area contributed by atoms with Crippen molar-refractivity contribution in [3.63, 3.8) is 0 Å². The second-order valence-electron chi connectivity index (χ2n) is 7.69. The third kappa shape index (κ3) is 4.83. The second kappa shape index (κ2) is 8.49. The Bertz CT molecular complexity index is 898. The van der Waals surface area contributed by atoms with Gasteiger partial charge in [0.2, 0.25) is 0 Å². The lowest BCUT2D eigenvalue weighted by Gasteiger charge is -2.23. The molecule has 2 heterocycles. The summed E-state index contributed by atoms with van der Waals surface area (Å²) in [6.45, 7) is 5.87. The average molecular weight is 405 g/mol. The number of pyridine rings is 1. The van der Waals surface area contributed by atoms with Crippen LogP contribution in [0.25, 0.3) is 0 Å². The lowest BCUT2D eigenvalue weighted by atomic mass is 10.1. The Morgan fingerprint density at radius 1 is 1.18 bits per heavy atom. The van der Waals surface area contributed by atoms with E-state index in [-0.39, 0.29) is 5.75 Å². The van der Waals surface area contributed by atoms with Crippen LogP contribution in [-0.2, 0) is 23.0 Å². The number of rotatable bonds is 6. The van der Waals surface area contributed by atoms with Crippen molar-refractivity contribution in [2.45, 2.75) is 38.2 Å². The van der Waals surface area contributed by atoms with Crippen LogP contribution in [0.3, 0.4) is 0 Å². The number of methoxy groups -OCH3 is 1. The van der Waals surface area contributed by atoms with Crippen LogP contribution >= 0.6 is 0 Å². The van der Waals surface area contributed by atoms with Crippen molar-refractivity contribution >= 4 is 9.84 Å². The Kier molecular flexibility index (Phi) is 6.25. The summed E-state index contributed by atoms with van der Waals surface area (Å²) in [6, 6.07) is 11.4. The maximum absolute atomic E-state index is 12.5. The van der Waals surface area contributed by atoms with Gasteiger partial charge in [0.25, 0.3) is 0 Å². The van der Waals surface area contributed by atoms with Gasteiger partial charge in [0.05, 0.1) is 23.3 Å². The Balaban J connectivity index is 1.76. The maximum atomic E-state index is 12.5. The Hall–Kier alpha value is -2.12. The van der Waals surface area contributed by atoms with Crippen molar-refractivity contribution < 1.29 is 17.9 Å². The van der Waals surface area contributed by atoms with Crippen molar-refractivity contribution in [2.24, 2.45) is 0 Å². The van der Waals surface area contributed by atoms with E-state index in [4.69, 9.17) is 9.47 Å². The SMILES string of the molecule is COc1ccc(OCc2ccccn2)c(CN2CCC(C)(C)S(=O)(=O)CC2)c1. The summed E-state index contributed by atoms with van der Waals surface area (Å²) in [7, 11) is -1.46. The molecule has 28 heavy (non-hydrogen) atoms. The summed E-state index contributed by atoms with van der Waals surface area (Å²) in [5, 5.41) is 0. The van der Waals surface area contributed by atoms with E-state index in [0.717, 1.165) is 29.3 Å². The molecule has 0 unspecified atom stereocenters. The van der Waals surface area contributed by atoms with Gasteiger partial charge in [0.15, 0.2) is 9.84 Å². The van der Waals surface area contributed by atoms with Crippen LogP contribution in [0.2, 0.25) is 0 Å². The molecule has 1 aromatic heterocycles. The molecule has 6 nitrogen and oxygen atoms in total. The van der Waals surface area contributed by atoms with Gasteiger partial charge in [0, 0.05) is 31.4 Å². The summed E-state index contributed by atoms with van der Waals surface area (Å²) in [6.07, 6.45) is 2.36. The van der Waals surface area contributed by atoms with Crippen LogP contribution in [-0.4, -0.2) is 49.0 Å². The summed E-state index contributed by atoms with van der Waals surface area (Å²) < 4.78 is 35.6. The highest BCUT2D eigenvalue weighted by Gasteiger charge is 2.37. The Morgan fingerprint density at radius 2 is 2.00 bits per heavy atom. The smallest absolute Gasteiger partial charge is 0.156 e. The number of nitrogens with zero attached hydrogens (tertiary/aromatic N) is 2. The first-order valence-corrected chi connectivity index (χ1v) is 11.1. The summed E-state index contributed by atoms with van der Waals surface area (Å²) in [5.41, 5.74) is 1.83. The molecular formula is C21H28N2O4S. The molecule has 1 aliphatic rings. The molecule has 0 saturated carbocycles. The Morgan fingerprint density at radius 3 is 2.71 bits per heavy atom. The van der Waals surface area contributed by atoms with Crippen LogP contribution < -0.4 is 9.47 Å². The van der Waals surface area contributed by atoms with E-state index in [1.165, 1.54) is 0 Å². The first-order chi connectivity index (χ1) is 13.3. The van der Waals surface area contributed by atoms with Crippen molar-refractivity contribution in [1.29, 1.82) is 0 Å². The fourth-order valence-corrected chi connectivity index (χ4v) is 4.66. The summed E-state index contributed by atoms with van der Waals surface area (Å²) in [4.78, 5) is 6.47. The lowest BCUT2D eigenvalue weighted by Crippen LogP contribution is -2.33. The highest BCUT2D eigenvalue weighted by atomic mass is 32.2. The minimum absolute atomic E-state index is 0.175. The Labute approximate surface area is 167 Å². The molecule has 0 amide bonds. The molecule has 2 aromatic rings. The first-order valence-electron chi connectivity index (χ1n) is 9.45. The molecular weight excluding hydrogens is 376 g/mol. The number of hydrogen-bond acceptors (Lipinski definition) is 6. The van der Waals surface area contributed by atoms with E-state index in [1.807, 2.05) is 50.2 Å². The minimum atomic E-state index is -3.10. The zero-order valence-electron chi connectivity index (χ0n) is 16.7. The predicted molar refractivity (Wildman–Crippen MR) is 109 cm³/mol. The van der Waals surface area contributed by atoms with Crippen LogP contribution in [0.1, 0.15) is 31.5 Å². The molecule has 1 saturated heterocycles. The van der Waals surface area contributed by atoms with Gasteiger partial charge in [-0.1, -0.05) is 6.07 Å². The number of sulfone groups is 1. The average Bonchev–Trinajstić information content (AvgIpc) is 2.78. The molecule has 152 valence electrons. The molecule has 0 aliphatic carbocycles. The molecule has 7 heteroatoms. The van der Waals surface area contributed by atoms with Crippen LogP contribution in [0.15, 0.2) is 42.6 Å². The van der Waals surface area contributed by atoms with E-state index in [1.54, 1.807) is 13.3 Å². The third-order valence-electron chi connectivity index (χ3n) is 5.31. The van der Waals surface area contributed by atoms with Crippen molar-refractivity contribution in [1.82, 2.24) is 9.88 Å². The fraction of sp³-hybridized carbons (Fsp3) is 0.476. The molecule has 1 fully saturated rings. The summed E-state index contributed by atoms with van der Waals surface area (Å²) >= 11 is 0. The second-order valence-corrected chi connectivity index (χ2v) is 10.4. The highest BCUT2D eigenvalue weighted by Crippen LogP contribution is 2.29. The zero-order chi connectivity index (χ0) is 20.2. The van der Waals surface area contributed by atoms with Crippen molar-refractivity contribution in [3.8, 4) is 11.5 Å². The maximum Gasteiger partial charge on any atom is 0.156 e. The monoisotopic (exact) mass is 404 g/mol. The van der Waals surface area contributed by atoms with E-state index >= 15 is 0 Å². The summed E-state index contributed by atoms with van der Waals surface area (Å²) in [5.74, 6) is 1.69. The highest BCUT2D eigenvalue weighted by molar-refractivity contribution is 7.92. The standard InChI is InChI=1S/C21H28N2O4S/c1-21(2)9-11-23(12-13-28(21,24)25)15-17-14-19(26-3)7-8-20(17)27-16-18-6-4-5-10-22-18/h4-8,10,14H,9,11-13,15-16H2,1-3H3. The van der Waals surface area contributed by atoms with Crippen LogP contribution in [0.4, 0.5) is 0 Å². The van der Waals surface area contributed by atoms with Crippen molar-refractivity contribution in [2.75, 3.05) is 26.0 Å². The third-order valence-corrected chi connectivity index (χ3v) is 7.92. The minimum Gasteiger partial charge on any atom is -0.497 e. The van der Waals surface area contributed by atoms with Gasteiger partial charge in [-0.2, -0.15) is 0 Å². The predicted octanol–water partition coefficient (Wildman–Crippen LogP) is 3.07. The molecule has 1 aliphatic heterocycles. The molecule has 0 bridgehead atoms. The molecule has 0 spiro atoms. The van der Waals surface area contributed by atoms with E-state index in [9.17, 15) is 8.42 Å². The first kappa shape index (κ1) is 20.6. The van der Waals surface area contributed by atoms with Gasteiger partial charge in [-0.05, 0) is 50.6 Å².